The summed E-state index contributed by atoms with van der Waals surface area (Å²) in [6, 6.07) is 15.6. The molecule has 20 heavy (non-hydrogen) atoms. The lowest BCUT2D eigenvalue weighted by Crippen LogP contribution is -2.24. The Morgan fingerprint density at radius 3 is 1.90 bits per heavy atom. The van der Waals surface area contributed by atoms with Crippen molar-refractivity contribution in [3.05, 3.63) is 60.2 Å². The van der Waals surface area contributed by atoms with Crippen LogP contribution in [0.1, 0.15) is 10.4 Å². The highest BCUT2D eigenvalue weighted by atomic mass is 16.2. The molecule has 0 saturated carbocycles. The van der Waals surface area contributed by atoms with Gasteiger partial charge in [0.25, 0.3) is 5.91 Å². The zero-order chi connectivity index (χ0) is 14.4. The fraction of sp³-hybridized carbons (Fsp3) is 0.0667. The third kappa shape index (κ3) is 3.58. The normalized spacial score (nSPS) is 9.65. The summed E-state index contributed by atoms with van der Waals surface area (Å²) in [6.45, 7) is 0. The van der Waals surface area contributed by atoms with Gasteiger partial charge in [-0.15, -0.1) is 0 Å². The van der Waals surface area contributed by atoms with E-state index in [4.69, 9.17) is 0 Å². The molecule has 0 spiro atoms. The Labute approximate surface area is 117 Å². The summed E-state index contributed by atoms with van der Waals surface area (Å²) in [4.78, 5) is 23.1. The third-order valence-electron chi connectivity index (χ3n) is 2.66. The van der Waals surface area contributed by atoms with Crippen LogP contribution < -0.4 is 16.0 Å². The number of rotatable bonds is 3. The van der Waals surface area contributed by atoms with Crippen molar-refractivity contribution in [1.29, 1.82) is 0 Å². The van der Waals surface area contributed by atoms with E-state index in [1.54, 1.807) is 43.4 Å². The van der Waals surface area contributed by atoms with Gasteiger partial charge in [0.2, 0.25) is 0 Å². The van der Waals surface area contributed by atoms with Crippen LogP contribution in [0.25, 0.3) is 0 Å². The molecule has 2 aromatic carbocycles. The Bertz CT molecular complexity index is 594. The van der Waals surface area contributed by atoms with E-state index in [0.29, 0.717) is 16.9 Å². The second-order valence-electron chi connectivity index (χ2n) is 4.10. The molecular weight excluding hydrogens is 254 g/mol. The van der Waals surface area contributed by atoms with E-state index in [9.17, 15) is 9.59 Å². The molecule has 0 saturated heterocycles. The van der Waals surface area contributed by atoms with Gasteiger partial charge in [0, 0.05) is 24.0 Å². The number of carbonyl (C=O) groups excluding carboxylic acids is 2. The number of anilines is 2. The van der Waals surface area contributed by atoms with Crippen LogP contribution in [-0.4, -0.2) is 19.0 Å². The van der Waals surface area contributed by atoms with Gasteiger partial charge in [-0.05, 0) is 36.4 Å². The molecule has 2 rings (SSSR count). The second-order valence-corrected chi connectivity index (χ2v) is 4.10. The first-order valence-corrected chi connectivity index (χ1v) is 6.14. The molecule has 0 heterocycles. The van der Waals surface area contributed by atoms with E-state index in [0.717, 1.165) is 0 Å². The Kier molecular flexibility index (Phi) is 4.34. The lowest BCUT2D eigenvalue weighted by Gasteiger charge is -2.07. The van der Waals surface area contributed by atoms with Crippen molar-refractivity contribution in [3.63, 3.8) is 0 Å². The number of carbonyl (C=O) groups is 2. The molecule has 0 radical (unpaired) electrons. The molecule has 0 aliphatic heterocycles. The van der Waals surface area contributed by atoms with Crippen LogP contribution in [-0.2, 0) is 0 Å². The summed E-state index contributed by atoms with van der Waals surface area (Å²) in [7, 11) is 1.55. The van der Waals surface area contributed by atoms with Crippen LogP contribution in [0.15, 0.2) is 54.6 Å². The molecule has 0 aliphatic carbocycles. The first kappa shape index (κ1) is 13.6. The van der Waals surface area contributed by atoms with Gasteiger partial charge in [0.05, 0.1) is 0 Å². The van der Waals surface area contributed by atoms with Gasteiger partial charge in [-0.2, -0.15) is 0 Å². The molecule has 0 fully saturated rings. The zero-order valence-electron chi connectivity index (χ0n) is 11.0. The topological polar surface area (TPSA) is 70.2 Å². The number of hydrogen-bond acceptors (Lipinski definition) is 2. The number of urea groups is 1. The predicted molar refractivity (Wildman–Crippen MR) is 78.9 cm³/mol. The van der Waals surface area contributed by atoms with E-state index in [2.05, 4.69) is 16.0 Å². The average Bonchev–Trinajstić information content (AvgIpc) is 2.50. The molecule has 2 aromatic rings. The molecule has 3 N–H and O–H groups in total. The Morgan fingerprint density at radius 1 is 0.800 bits per heavy atom. The monoisotopic (exact) mass is 269 g/mol. The van der Waals surface area contributed by atoms with Crippen LogP contribution in [0.2, 0.25) is 0 Å². The summed E-state index contributed by atoms with van der Waals surface area (Å²) in [5, 5.41) is 7.89. The fourth-order valence-electron chi connectivity index (χ4n) is 1.62. The highest BCUT2D eigenvalue weighted by Gasteiger charge is 2.05. The lowest BCUT2D eigenvalue weighted by atomic mass is 10.2. The predicted octanol–water partition coefficient (Wildman–Crippen LogP) is 2.69. The number of hydrogen-bond donors (Lipinski definition) is 3. The van der Waals surface area contributed by atoms with Gasteiger partial charge in [0.1, 0.15) is 0 Å². The third-order valence-corrected chi connectivity index (χ3v) is 2.66. The first-order chi connectivity index (χ1) is 9.69. The van der Waals surface area contributed by atoms with E-state index in [1.807, 2.05) is 18.2 Å². The molecule has 0 bridgehead atoms. The molecule has 0 atom stereocenters. The van der Waals surface area contributed by atoms with Crippen LogP contribution in [0.3, 0.4) is 0 Å². The minimum atomic E-state index is -0.286. The van der Waals surface area contributed by atoms with E-state index in [1.165, 1.54) is 0 Å². The molecule has 0 unspecified atom stereocenters. The van der Waals surface area contributed by atoms with Gasteiger partial charge in [-0.1, -0.05) is 18.2 Å². The first-order valence-electron chi connectivity index (χ1n) is 6.14. The summed E-state index contributed by atoms with van der Waals surface area (Å²) in [5.41, 5.74) is 1.92. The summed E-state index contributed by atoms with van der Waals surface area (Å²) in [5.74, 6) is -0.169. The van der Waals surface area contributed by atoms with Crippen molar-refractivity contribution in [2.75, 3.05) is 17.7 Å². The van der Waals surface area contributed by atoms with Gasteiger partial charge >= 0.3 is 6.03 Å². The second kappa shape index (κ2) is 6.38. The minimum Gasteiger partial charge on any atom is -0.341 e. The lowest BCUT2D eigenvalue weighted by molar-refractivity contribution is 0.102. The number of amides is 3. The minimum absolute atomic E-state index is 0.169. The van der Waals surface area contributed by atoms with Gasteiger partial charge < -0.3 is 16.0 Å². The largest absolute Gasteiger partial charge is 0.341 e. The smallest absolute Gasteiger partial charge is 0.318 e. The fourth-order valence-corrected chi connectivity index (χ4v) is 1.62. The van der Waals surface area contributed by atoms with Crippen LogP contribution >= 0.6 is 0 Å². The quantitative estimate of drug-likeness (QED) is 0.801. The summed E-state index contributed by atoms with van der Waals surface area (Å²) >= 11 is 0. The average molecular weight is 269 g/mol. The molecule has 102 valence electrons. The molecule has 0 aromatic heterocycles. The van der Waals surface area contributed by atoms with Crippen molar-refractivity contribution in [2.45, 2.75) is 0 Å². The van der Waals surface area contributed by atoms with Crippen molar-refractivity contribution in [1.82, 2.24) is 5.32 Å². The molecule has 0 aliphatic rings. The standard InChI is InChI=1S/C15H15N3O2/c1-16-15(20)18-13-9-7-12(8-10-13)17-14(19)11-5-3-2-4-6-11/h2-10H,1H3,(H,17,19)(H2,16,18,20). The summed E-state index contributed by atoms with van der Waals surface area (Å²) in [6.07, 6.45) is 0. The highest BCUT2D eigenvalue weighted by molar-refractivity contribution is 6.04. The van der Waals surface area contributed by atoms with Crippen LogP contribution in [0.5, 0.6) is 0 Å². The maximum Gasteiger partial charge on any atom is 0.318 e. The van der Waals surface area contributed by atoms with Crippen molar-refractivity contribution in [2.24, 2.45) is 0 Å². The number of nitrogens with one attached hydrogen (secondary N) is 3. The van der Waals surface area contributed by atoms with Crippen LogP contribution in [0.4, 0.5) is 16.2 Å². The maximum atomic E-state index is 11.9. The van der Waals surface area contributed by atoms with E-state index < -0.39 is 0 Å². The van der Waals surface area contributed by atoms with Gasteiger partial charge in [-0.25, -0.2) is 4.79 Å². The zero-order valence-corrected chi connectivity index (χ0v) is 11.0. The Morgan fingerprint density at radius 2 is 1.35 bits per heavy atom. The van der Waals surface area contributed by atoms with Crippen LogP contribution in [0, 0.1) is 0 Å². The van der Waals surface area contributed by atoms with Crippen molar-refractivity contribution >= 4 is 23.3 Å². The maximum absolute atomic E-state index is 11.9. The summed E-state index contributed by atoms with van der Waals surface area (Å²) < 4.78 is 0. The van der Waals surface area contributed by atoms with Gasteiger partial charge in [0.15, 0.2) is 0 Å². The molecule has 5 heteroatoms. The van der Waals surface area contributed by atoms with Crippen molar-refractivity contribution in [3.8, 4) is 0 Å². The van der Waals surface area contributed by atoms with Gasteiger partial charge in [-0.3, -0.25) is 4.79 Å². The molecule has 5 nitrogen and oxygen atoms in total. The Hall–Kier alpha value is -2.82. The molecular formula is C15H15N3O2. The van der Waals surface area contributed by atoms with Crippen molar-refractivity contribution < 1.29 is 9.59 Å². The highest BCUT2D eigenvalue weighted by Crippen LogP contribution is 2.14. The Balaban J connectivity index is 2.00. The SMILES string of the molecule is CNC(=O)Nc1ccc(NC(=O)c2ccccc2)cc1. The molecule has 3 amide bonds. The van der Waals surface area contributed by atoms with E-state index >= 15 is 0 Å². The van der Waals surface area contributed by atoms with E-state index in [-0.39, 0.29) is 11.9 Å². The number of benzene rings is 2.